The van der Waals surface area contributed by atoms with E-state index in [1.807, 2.05) is 12.1 Å². The molecule has 1 aliphatic heterocycles. The lowest BCUT2D eigenvalue weighted by Crippen LogP contribution is -3.10. The van der Waals surface area contributed by atoms with Gasteiger partial charge in [-0.2, -0.15) is 4.68 Å². The number of benzene rings is 2. The highest BCUT2D eigenvalue weighted by atomic mass is 35.5. The molecule has 3 atom stereocenters. The molecule has 42 heavy (non-hydrogen) atoms. The molecule has 0 fully saturated rings. The van der Waals surface area contributed by atoms with Gasteiger partial charge in [-0.05, 0) is 67.7 Å². The molecule has 4 heterocycles. The summed E-state index contributed by atoms with van der Waals surface area (Å²) in [5, 5.41) is 11.1. The first kappa shape index (κ1) is 26.0. The number of para-hydroxylation sites is 1. The maximum absolute atomic E-state index is 6.76. The van der Waals surface area contributed by atoms with Crippen molar-refractivity contribution in [1.82, 2.24) is 15.3 Å². The summed E-state index contributed by atoms with van der Waals surface area (Å²) in [7, 11) is 0. The largest absolute Gasteiger partial charge is 0.398 e. The Morgan fingerprint density at radius 3 is 3.00 bits per heavy atom. The number of unbranched alkanes of at least 4 members (excludes halogenated alkanes) is 1. The second-order valence-electron chi connectivity index (χ2n) is 12.8. The van der Waals surface area contributed by atoms with Crippen molar-refractivity contribution < 1.29 is 14.6 Å². The fourth-order valence-corrected chi connectivity index (χ4v) is 8.18. The van der Waals surface area contributed by atoms with Crippen molar-refractivity contribution in [3.05, 3.63) is 93.5 Å². The van der Waals surface area contributed by atoms with E-state index in [1.54, 1.807) is 10.5 Å². The maximum Gasteiger partial charge on any atom is 0.272 e. The summed E-state index contributed by atoms with van der Waals surface area (Å²) in [6.45, 7) is 4.12. The Morgan fingerprint density at radius 2 is 2.05 bits per heavy atom. The number of aryl methyl sites for hydroxylation is 1. The third-order valence-electron chi connectivity index (χ3n) is 9.88. The Bertz CT molecular complexity index is 1830. The molecule has 5 aromatic rings. The summed E-state index contributed by atoms with van der Waals surface area (Å²) in [4.78, 5) is 8.90. The topological polar surface area (TPSA) is 92.9 Å². The van der Waals surface area contributed by atoms with Crippen LogP contribution in [0.15, 0.2) is 60.3 Å². The van der Waals surface area contributed by atoms with Crippen LogP contribution in [0.4, 0.5) is 5.69 Å². The number of anilines is 1. The van der Waals surface area contributed by atoms with Crippen LogP contribution in [0.5, 0.6) is 0 Å². The van der Waals surface area contributed by atoms with Gasteiger partial charge in [-0.25, -0.2) is 4.98 Å². The van der Waals surface area contributed by atoms with Crippen LogP contribution in [0.1, 0.15) is 66.2 Å². The molecule has 8 heteroatoms. The van der Waals surface area contributed by atoms with E-state index in [1.165, 1.54) is 52.7 Å². The van der Waals surface area contributed by atoms with E-state index in [0.29, 0.717) is 11.8 Å². The maximum atomic E-state index is 6.76. The first-order valence-electron chi connectivity index (χ1n) is 15.6. The van der Waals surface area contributed by atoms with Crippen molar-refractivity contribution in [2.24, 2.45) is 5.92 Å². The number of aromatic amines is 3. The van der Waals surface area contributed by atoms with Crippen LogP contribution in [0.2, 0.25) is 5.02 Å². The number of halogens is 1. The van der Waals surface area contributed by atoms with Gasteiger partial charge in [0.1, 0.15) is 13.1 Å². The molecule has 6 N–H and O–H groups in total. The van der Waals surface area contributed by atoms with Crippen LogP contribution in [-0.2, 0) is 32.5 Å². The summed E-state index contributed by atoms with van der Waals surface area (Å²) in [5.74, 6) is 1.11. The highest BCUT2D eigenvalue weighted by Gasteiger charge is 2.36. The molecule has 8 rings (SSSR count). The number of allylic oxidation sites excluding steroid dienone is 2. The molecule has 2 aromatic carbocycles. The average molecular weight is 581 g/mol. The number of quaternary nitrogens is 1. The lowest BCUT2D eigenvalue weighted by Gasteiger charge is -2.34. The molecule has 0 radical (unpaired) electrons. The Balaban J connectivity index is 0.851. The van der Waals surface area contributed by atoms with Crippen molar-refractivity contribution in [2.45, 2.75) is 70.5 Å². The minimum absolute atomic E-state index is 0.511. The number of nitrogens with zero attached hydrogens (tertiary/aromatic N) is 2. The van der Waals surface area contributed by atoms with Gasteiger partial charge in [0.25, 0.3) is 5.69 Å². The number of pyridine rings is 1. The van der Waals surface area contributed by atoms with Gasteiger partial charge in [0.15, 0.2) is 18.4 Å². The lowest BCUT2D eigenvalue weighted by atomic mass is 9.70. The Kier molecular flexibility index (Phi) is 6.53. The van der Waals surface area contributed by atoms with Gasteiger partial charge >= 0.3 is 0 Å². The van der Waals surface area contributed by atoms with E-state index in [2.05, 4.69) is 67.6 Å². The average Bonchev–Trinajstić information content (AvgIpc) is 3.58. The van der Waals surface area contributed by atoms with Crippen LogP contribution in [0.25, 0.3) is 21.8 Å². The van der Waals surface area contributed by atoms with Crippen LogP contribution in [0.3, 0.4) is 0 Å². The van der Waals surface area contributed by atoms with Gasteiger partial charge in [-0.3, -0.25) is 0 Å². The SMILES string of the molecule is Nc1c2c([nH+]c3cc(Cl)ccc13)CC1C=C(CCCC[n+]3cc(C[NH+]4CCc5c([nH]c6ccccc56)C4)n[nH]3)CC2C1. The molecule has 0 spiro atoms. The zero-order valence-electron chi connectivity index (χ0n) is 24.0. The fourth-order valence-electron chi connectivity index (χ4n) is 8.00. The Morgan fingerprint density at radius 1 is 1.12 bits per heavy atom. The Labute approximate surface area is 250 Å². The number of hydrogen-bond donors (Lipinski definition) is 4. The van der Waals surface area contributed by atoms with E-state index in [4.69, 9.17) is 17.3 Å². The minimum atomic E-state index is 0.511. The number of nitrogens with one attached hydrogen (secondary N) is 4. The fraction of sp³-hybridized carbons (Fsp3) is 0.382. The quantitative estimate of drug-likeness (QED) is 0.131. The molecule has 3 aromatic heterocycles. The van der Waals surface area contributed by atoms with Crippen molar-refractivity contribution in [3.8, 4) is 0 Å². The molecule has 2 aliphatic carbocycles. The normalized spacial score (nSPS) is 21.4. The van der Waals surface area contributed by atoms with Gasteiger partial charge in [0, 0.05) is 45.5 Å². The van der Waals surface area contributed by atoms with Crippen molar-refractivity contribution in [2.75, 3.05) is 12.3 Å². The monoisotopic (exact) mass is 580 g/mol. The van der Waals surface area contributed by atoms with E-state index in [9.17, 15) is 0 Å². The summed E-state index contributed by atoms with van der Waals surface area (Å²) in [6, 6.07) is 14.7. The van der Waals surface area contributed by atoms with Gasteiger partial charge in [-0.1, -0.05) is 46.7 Å². The first-order chi connectivity index (χ1) is 20.6. The van der Waals surface area contributed by atoms with E-state index < -0.39 is 0 Å². The lowest BCUT2D eigenvalue weighted by molar-refractivity contribution is -0.930. The second-order valence-corrected chi connectivity index (χ2v) is 13.2. The summed E-state index contributed by atoms with van der Waals surface area (Å²) >= 11 is 6.26. The van der Waals surface area contributed by atoms with Crippen LogP contribution < -0.4 is 20.3 Å². The summed E-state index contributed by atoms with van der Waals surface area (Å²) in [6.07, 6.45) is 12.8. The zero-order chi connectivity index (χ0) is 28.2. The molecule has 3 aliphatic rings. The molecule has 3 unspecified atom stereocenters. The predicted octanol–water partition coefficient (Wildman–Crippen LogP) is 4.37. The van der Waals surface area contributed by atoms with Crippen molar-refractivity contribution >= 4 is 39.1 Å². The number of fused-ring (bicyclic) bond motifs is 8. The van der Waals surface area contributed by atoms with Gasteiger partial charge in [0.05, 0.1) is 23.3 Å². The number of H-pyrrole nitrogens is 3. The predicted molar refractivity (Wildman–Crippen MR) is 165 cm³/mol. The standard InChI is InChI=1S/C34H36ClN7/c35-24-8-9-28-30(17-24)38-31-16-22-13-21(14-23(15-22)33(31)34(28)36)5-3-4-11-42-19-25(39-40-42)18-41-12-10-27-26-6-1-2-7-29(26)37-32(27)20-41/h1-2,6-9,13,17,19,22-23,37H,3-5,10-12,14-16,18,20H2,(H2,36,38)/p+3. The van der Waals surface area contributed by atoms with Gasteiger partial charge < -0.3 is 15.6 Å². The number of nitrogens with two attached hydrogens (primary N) is 1. The van der Waals surface area contributed by atoms with Crippen molar-refractivity contribution in [1.29, 1.82) is 0 Å². The number of aromatic nitrogens is 5. The first-order valence-corrected chi connectivity index (χ1v) is 15.9. The second kappa shape index (κ2) is 10.5. The number of hydrogen-bond acceptors (Lipinski definition) is 2. The van der Waals surface area contributed by atoms with E-state index >= 15 is 0 Å². The van der Waals surface area contributed by atoms with Gasteiger partial charge in [0.2, 0.25) is 5.52 Å². The molecular weight excluding hydrogens is 542 g/mol. The van der Waals surface area contributed by atoms with Gasteiger partial charge in [-0.15, -0.1) is 0 Å². The third-order valence-corrected chi connectivity index (χ3v) is 10.1. The summed E-state index contributed by atoms with van der Waals surface area (Å²) < 4.78 is 2.17. The molecular formula is C34H39ClN7+3. The van der Waals surface area contributed by atoms with Crippen molar-refractivity contribution in [3.63, 3.8) is 0 Å². The molecule has 0 amide bonds. The Hall–Kier alpha value is -3.68. The van der Waals surface area contributed by atoms with Crippen LogP contribution in [0, 0.1) is 5.92 Å². The molecule has 0 saturated heterocycles. The summed E-state index contributed by atoms with van der Waals surface area (Å²) in [5.41, 5.74) is 18.3. The third kappa shape index (κ3) is 4.78. The number of nitrogen functional groups attached to an aromatic ring is 1. The van der Waals surface area contributed by atoms with E-state index in [0.717, 1.165) is 79.2 Å². The molecule has 214 valence electrons. The molecule has 0 saturated carbocycles. The number of rotatable bonds is 7. The highest BCUT2D eigenvalue weighted by Crippen LogP contribution is 2.46. The van der Waals surface area contributed by atoms with Crippen LogP contribution in [-0.4, -0.2) is 21.8 Å². The smallest absolute Gasteiger partial charge is 0.272 e. The zero-order valence-corrected chi connectivity index (χ0v) is 24.7. The highest BCUT2D eigenvalue weighted by molar-refractivity contribution is 6.31. The molecule has 2 bridgehead atoms. The van der Waals surface area contributed by atoms with Crippen LogP contribution >= 0.6 is 11.6 Å². The van der Waals surface area contributed by atoms with E-state index in [-0.39, 0.29) is 0 Å². The molecule has 7 nitrogen and oxygen atoms in total. The minimum Gasteiger partial charge on any atom is -0.398 e.